The molecular weight excluding hydrogens is 404 g/mol. The van der Waals surface area contributed by atoms with Crippen molar-refractivity contribution in [1.82, 2.24) is 10.0 Å². The molecule has 0 aliphatic rings. The van der Waals surface area contributed by atoms with E-state index in [0.29, 0.717) is 25.3 Å². The number of hydrogen-bond acceptors (Lipinski definition) is 5. The van der Waals surface area contributed by atoms with Crippen LogP contribution in [0.1, 0.15) is 25.8 Å². The number of hydrogen-bond donors (Lipinski definition) is 2. The molecule has 1 amide bonds. The fourth-order valence-corrected chi connectivity index (χ4v) is 3.97. The summed E-state index contributed by atoms with van der Waals surface area (Å²) in [4.78, 5) is 12.8. The largest absolute Gasteiger partial charge is 0.497 e. The van der Waals surface area contributed by atoms with Crippen molar-refractivity contribution in [2.24, 2.45) is 0 Å². The number of amides is 1. The van der Waals surface area contributed by atoms with Gasteiger partial charge in [0.05, 0.1) is 18.1 Å². The first-order valence-corrected chi connectivity index (χ1v) is 11.4. The van der Waals surface area contributed by atoms with Crippen LogP contribution in [0.5, 0.6) is 5.75 Å². The van der Waals surface area contributed by atoms with Crippen molar-refractivity contribution < 1.29 is 22.7 Å². The Bertz CT molecular complexity index is 884. The van der Waals surface area contributed by atoms with E-state index >= 15 is 0 Å². The molecule has 0 saturated carbocycles. The first-order chi connectivity index (χ1) is 14.3. The summed E-state index contributed by atoms with van der Waals surface area (Å²) >= 11 is 0. The van der Waals surface area contributed by atoms with Crippen LogP contribution in [0.4, 0.5) is 0 Å². The number of carbonyl (C=O) groups excluding carboxylic acids is 1. The van der Waals surface area contributed by atoms with Gasteiger partial charge in [-0.05, 0) is 56.5 Å². The van der Waals surface area contributed by atoms with E-state index in [4.69, 9.17) is 9.47 Å². The molecule has 7 nitrogen and oxygen atoms in total. The lowest BCUT2D eigenvalue weighted by atomic mass is 10.1. The predicted octanol–water partition coefficient (Wildman–Crippen LogP) is 2.52. The maximum absolute atomic E-state index is 12.8. The molecule has 0 fully saturated rings. The van der Waals surface area contributed by atoms with E-state index in [0.717, 1.165) is 5.56 Å². The average molecular weight is 435 g/mol. The Morgan fingerprint density at radius 2 is 1.70 bits per heavy atom. The zero-order valence-electron chi connectivity index (χ0n) is 17.6. The van der Waals surface area contributed by atoms with Crippen LogP contribution < -0.4 is 14.8 Å². The van der Waals surface area contributed by atoms with Gasteiger partial charge in [0.15, 0.2) is 0 Å². The molecular formula is C22H30N2O5S. The zero-order chi connectivity index (χ0) is 22.0. The van der Waals surface area contributed by atoms with E-state index in [1.165, 1.54) is 19.2 Å². The molecule has 0 saturated heterocycles. The van der Waals surface area contributed by atoms with E-state index in [-0.39, 0.29) is 23.3 Å². The molecule has 0 spiro atoms. The molecule has 8 heteroatoms. The van der Waals surface area contributed by atoms with Crippen LogP contribution in [0.25, 0.3) is 0 Å². The second kappa shape index (κ2) is 11.7. The fraction of sp³-hybridized carbons (Fsp3) is 0.409. The van der Waals surface area contributed by atoms with Crippen LogP contribution in [-0.2, 0) is 26.0 Å². The van der Waals surface area contributed by atoms with Gasteiger partial charge in [-0.25, -0.2) is 8.42 Å². The third kappa shape index (κ3) is 7.78. The Hall–Kier alpha value is -2.42. The lowest BCUT2D eigenvalue weighted by molar-refractivity contribution is -0.122. The highest BCUT2D eigenvalue weighted by molar-refractivity contribution is 7.89. The van der Waals surface area contributed by atoms with Crippen molar-refractivity contribution in [3.63, 3.8) is 0 Å². The molecule has 1 atom stereocenters. The third-order valence-electron chi connectivity index (χ3n) is 4.34. The molecule has 2 N–H and O–H groups in total. The topological polar surface area (TPSA) is 93.7 Å². The van der Waals surface area contributed by atoms with Crippen molar-refractivity contribution >= 4 is 15.9 Å². The Labute approximate surface area is 178 Å². The van der Waals surface area contributed by atoms with Gasteiger partial charge in [0, 0.05) is 13.2 Å². The Morgan fingerprint density at radius 3 is 2.30 bits per heavy atom. The maximum Gasteiger partial charge on any atom is 0.241 e. The van der Waals surface area contributed by atoms with Crippen LogP contribution in [0.3, 0.4) is 0 Å². The summed E-state index contributed by atoms with van der Waals surface area (Å²) in [5.41, 5.74) is 0.859. The zero-order valence-corrected chi connectivity index (χ0v) is 18.4. The quantitative estimate of drug-likeness (QED) is 0.501. The van der Waals surface area contributed by atoms with E-state index in [1.54, 1.807) is 12.1 Å². The van der Waals surface area contributed by atoms with Crippen molar-refractivity contribution in [2.45, 2.75) is 43.7 Å². The Morgan fingerprint density at radius 1 is 1.03 bits per heavy atom. The lowest BCUT2D eigenvalue weighted by Gasteiger charge is -2.19. The maximum atomic E-state index is 12.8. The molecule has 2 aromatic carbocycles. The van der Waals surface area contributed by atoms with E-state index in [2.05, 4.69) is 10.0 Å². The smallest absolute Gasteiger partial charge is 0.241 e. The van der Waals surface area contributed by atoms with Gasteiger partial charge in [-0.15, -0.1) is 0 Å². The second-order valence-corrected chi connectivity index (χ2v) is 8.82. The molecule has 164 valence electrons. The van der Waals surface area contributed by atoms with Gasteiger partial charge in [0.2, 0.25) is 15.9 Å². The number of rotatable bonds is 12. The Kier molecular flexibility index (Phi) is 9.29. The normalized spacial score (nSPS) is 12.5. The Balaban J connectivity index is 2.09. The minimum absolute atomic E-state index is 0.0690. The van der Waals surface area contributed by atoms with Crippen LogP contribution in [0.15, 0.2) is 59.5 Å². The molecule has 0 aliphatic heterocycles. The van der Waals surface area contributed by atoms with Crippen LogP contribution in [-0.4, -0.2) is 46.7 Å². The summed E-state index contributed by atoms with van der Waals surface area (Å²) in [6.07, 6.45) is 1.01. The SMILES string of the molecule is COc1ccc(S(=O)(=O)NC(Cc2ccccc2)C(=O)NCCCOC(C)C)cc1. The van der Waals surface area contributed by atoms with Gasteiger partial charge < -0.3 is 14.8 Å². The molecule has 0 aliphatic carbocycles. The summed E-state index contributed by atoms with van der Waals surface area (Å²) in [6.45, 7) is 4.82. The highest BCUT2D eigenvalue weighted by atomic mass is 32.2. The standard InChI is InChI=1S/C22H30N2O5S/c1-17(2)29-15-7-14-23-22(25)21(16-18-8-5-4-6-9-18)24-30(26,27)20-12-10-19(28-3)11-13-20/h4-6,8-13,17,21,24H,7,14-16H2,1-3H3,(H,23,25). The number of nitrogens with one attached hydrogen (secondary N) is 2. The first kappa shape index (κ1) is 23.9. The van der Waals surface area contributed by atoms with E-state index in [9.17, 15) is 13.2 Å². The number of carbonyl (C=O) groups is 1. The lowest BCUT2D eigenvalue weighted by Crippen LogP contribution is -2.48. The fourth-order valence-electron chi connectivity index (χ4n) is 2.77. The summed E-state index contributed by atoms with van der Waals surface area (Å²) in [7, 11) is -2.38. The average Bonchev–Trinajstić information content (AvgIpc) is 2.73. The first-order valence-electron chi connectivity index (χ1n) is 9.91. The van der Waals surface area contributed by atoms with Gasteiger partial charge in [0.1, 0.15) is 11.8 Å². The van der Waals surface area contributed by atoms with Crippen molar-refractivity contribution in [3.8, 4) is 5.75 Å². The molecule has 0 bridgehead atoms. The van der Waals surface area contributed by atoms with Gasteiger partial charge in [0.25, 0.3) is 0 Å². The number of methoxy groups -OCH3 is 1. The predicted molar refractivity (Wildman–Crippen MR) is 116 cm³/mol. The van der Waals surface area contributed by atoms with Crippen molar-refractivity contribution in [2.75, 3.05) is 20.3 Å². The summed E-state index contributed by atoms with van der Waals surface area (Å²) in [5.74, 6) is 0.177. The third-order valence-corrected chi connectivity index (χ3v) is 5.83. The van der Waals surface area contributed by atoms with Gasteiger partial charge >= 0.3 is 0 Å². The van der Waals surface area contributed by atoms with Gasteiger partial charge in [-0.3, -0.25) is 4.79 Å². The summed E-state index contributed by atoms with van der Waals surface area (Å²) < 4.78 is 38.7. The molecule has 0 radical (unpaired) electrons. The molecule has 0 heterocycles. The van der Waals surface area contributed by atoms with Crippen LogP contribution in [0, 0.1) is 0 Å². The number of benzene rings is 2. The van der Waals surface area contributed by atoms with E-state index in [1.807, 2.05) is 44.2 Å². The van der Waals surface area contributed by atoms with Crippen LogP contribution in [0.2, 0.25) is 0 Å². The van der Waals surface area contributed by atoms with Crippen LogP contribution >= 0.6 is 0 Å². The molecule has 1 unspecified atom stereocenters. The highest BCUT2D eigenvalue weighted by Crippen LogP contribution is 2.16. The van der Waals surface area contributed by atoms with Crippen molar-refractivity contribution in [1.29, 1.82) is 0 Å². The summed E-state index contributed by atoms with van der Waals surface area (Å²) in [6, 6.07) is 14.4. The molecule has 30 heavy (non-hydrogen) atoms. The van der Waals surface area contributed by atoms with Crippen molar-refractivity contribution in [3.05, 3.63) is 60.2 Å². The second-order valence-electron chi connectivity index (χ2n) is 7.10. The molecule has 2 aromatic rings. The summed E-state index contributed by atoms with van der Waals surface area (Å²) in [5, 5.41) is 2.80. The minimum atomic E-state index is -3.89. The number of sulfonamides is 1. The molecule has 2 rings (SSSR count). The number of ether oxygens (including phenoxy) is 2. The van der Waals surface area contributed by atoms with Gasteiger partial charge in [-0.2, -0.15) is 4.72 Å². The molecule has 0 aromatic heterocycles. The monoisotopic (exact) mass is 434 g/mol. The van der Waals surface area contributed by atoms with E-state index < -0.39 is 16.1 Å². The minimum Gasteiger partial charge on any atom is -0.497 e. The van der Waals surface area contributed by atoms with Gasteiger partial charge in [-0.1, -0.05) is 30.3 Å². The highest BCUT2D eigenvalue weighted by Gasteiger charge is 2.26.